The van der Waals surface area contributed by atoms with Crippen molar-refractivity contribution in [3.8, 4) is 0 Å². The number of methoxy groups -OCH3 is 1. The van der Waals surface area contributed by atoms with Gasteiger partial charge in [0.15, 0.2) is 0 Å². The van der Waals surface area contributed by atoms with E-state index < -0.39 is 27.3 Å². The van der Waals surface area contributed by atoms with Crippen LogP contribution in [0.4, 0.5) is 0 Å². The Balaban J connectivity index is 4.89. The van der Waals surface area contributed by atoms with Crippen LogP contribution in [0, 0.1) is 5.92 Å². The third-order valence-corrected chi connectivity index (χ3v) is 4.40. The predicted octanol–water partition coefficient (Wildman–Crippen LogP) is 0.902. The number of carbonyl (C=O) groups excluding carboxylic acids is 1. The second-order valence-electron chi connectivity index (χ2n) is 4.10. The quantitative estimate of drug-likeness (QED) is 0.712. The molecule has 0 aliphatic carbocycles. The Morgan fingerprint density at radius 3 is 2.12 bits per heavy atom. The van der Waals surface area contributed by atoms with E-state index >= 15 is 0 Å². The Kier molecular flexibility index (Phi) is 5.96. The molecule has 2 atom stereocenters. The molecule has 0 aliphatic heterocycles. The van der Waals surface area contributed by atoms with Crippen LogP contribution in [0.3, 0.4) is 0 Å². The number of carbonyl (C=O) groups is 1. The summed E-state index contributed by atoms with van der Waals surface area (Å²) in [6, 6.07) is -0.803. The molecule has 0 amide bonds. The molecule has 0 heterocycles. The Bertz CT molecular complexity index is 324. The molecule has 0 saturated carbocycles. The molecule has 0 radical (unpaired) electrons. The molecule has 0 aliphatic rings. The fraction of sp³-hybridized carbons (Fsp3) is 0.900. The highest BCUT2D eigenvalue weighted by Gasteiger charge is 2.30. The molecule has 5 nitrogen and oxygen atoms in total. The SMILES string of the molecule is CCC(C)C(NS(=O)(=O)C(C)C)C(=O)OC. The topological polar surface area (TPSA) is 72.5 Å². The highest BCUT2D eigenvalue weighted by molar-refractivity contribution is 7.90. The summed E-state index contributed by atoms with van der Waals surface area (Å²) in [6.45, 7) is 6.83. The van der Waals surface area contributed by atoms with Gasteiger partial charge < -0.3 is 4.74 Å². The van der Waals surface area contributed by atoms with Crippen LogP contribution in [0.2, 0.25) is 0 Å². The third kappa shape index (κ3) is 4.09. The van der Waals surface area contributed by atoms with Crippen LogP contribution in [0.15, 0.2) is 0 Å². The minimum absolute atomic E-state index is 0.0963. The first-order valence-corrected chi connectivity index (χ1v) is 6.89. The molecule has 0 fully saturated rings. The van der Waals surface area contributed by atoms with Crippen LogP contribution in [0.1, 0.15) is 34.1 Å². The first-order valence-electron chi connectivity index (χ1n) is 5.35. The van der Waals surface area contributed by atoms with Crippen LogP contribution in [-0.2, 0) is 19.6 Å². The molecule has 2 unspecified atom stereocenters. The molecule has 0 aromatic carbocycles. The number of sulfonamides is 1. The average molecular weight is 251 g/mol. The van der Waals surface area contributed by atoms with Crippen LogP contribution < -0.4 is 4.72 Å². The van der Waals surface area contributed by atoms with E-state index in [-0.39, 0.29) is 5.92 Å². The van der Waals surface area contributed by atoms with Crippen molar-refractivity contribution in [1.29, 1.82) is 0 Å². The van der Waals surface area contributed by atoms with Gasteiger partial charge in [0, 0.05) is 0 Å². The van der Waals surface area contributed by atoms with Crippen LogP contribution in [-0.4, -0.2) is 32.8 Å². The van der Waals surface area contributed by atoms with Gasteiger partial charge in [-0.2, -0.15) is 0 Å². The van der Waals surface area contributed by atoms with Crippen LogP contribution in [0.25, 0.3) is 0 Å². The maximum atomic E-state index is 11.7. The minimum atomic E-state index is -3.46. The van der Waals surface area contributed by atoms with E-state index in [0.29, 0.717) is 6.42 Å². The second-order valence-corrected chi connectivity index (χ2v) is 6.37. The molecule has 16 heavy (non-hydrogen) atoms. The Labute approximate surface area is 97.6 Å². The summed E-state index contributed by atoms with van der Waals surface area (Å²) >= 11 is 0. The van der Waals surface area contributed by atoms with Crippen LogP contribution >= 0.6 is 0 Å². The molecular weight excluding hydrogens is 230 g/mol. The van der Waals surface area contributed by atoms with Crippen LogP contribution in [0.5, 0.6) is 0 Å². The van der Waals surface area contributed by atoms with Gasteiger partial charge in [-0.1, -0.05) is 20.3 Å². The van der Waals surface area contributed by atoms with Gasteiger partial charge in [0.05, 0.1) is 12.4 Å². The summed E-state index contributed by atoms with van der Waals surface area (Å²) in [5.41, 5.74) is 0. The molecule has 96 valence electrons. The van der Waals surface area contributed by atoms with Crippen molar-refractivity contribution in [2.24, 2.45) is 5.92 Å². The van der Waals surface area contributed by atoms with E-state index in [1.807, 2.05) is 13.8 Å². The van der Waals surface area contributed by atoms with Gasteiger partial charge >= 0.3 is 5.97 Å². The van der Waals surface area contributed by atoms with E-state index in [9.17, 15) is 13.2 Å². The minimum Gasteiger partial charge on any atom is -0.468 e. The zero-order chi connectivity index (χ0) is 12.9. The molecule has 6 heteroatoms. The molecule has 0 saturated heterocycles. The summed E-state index contributed by atoms with van der Waals surface area (Å²) in [5.74, 6) is -0.639. The van der Waals surface area contributed by atoms with E-state index in [2.05, 4.69) is 9.46 Å². The van der Waals surface area contributed by atoms with E-state index in [4.69, 9.17) is 0 Å². The molecule has 0 spiro atoms. The summed E-state index contributed by atoms with van der Waals surface area (Å²) in [5, 5.41) is -0.566. The maximum absolute atomic E-state index is 11.7. The monoisotopic (exact) mass is 251 g/mol. The second kappa shape index (κ2) is 6.20. The Morgan fingerprint density at radius 2 is 1.81 bits per heavy atom. The van der Waals surface area contributed by atoms with Gasteiger partial charge in [0.1, 0.15) is 6.04 Å². The van der Waals surface area contributed by atoms with Crippen molar-refractivity contribution >= 4 is 16.0 Å². The molecule has 0 aromatic rings. The lowest BCUT2D eigenvalue weighted by Gasteiger charge is -2.22. The van der Waals surface area contributed by atoms with Gasteiger partial charge in [0.25, 0.3) is 0 Å². The Morgan fingerprint density at radius 1 is 1.31 bits per heavy atom. The lowest BCUT2D eigenvalue weighted by Crippen LogP contribution is -2.47. The number of rotatable bonds is 6. The average Bonchev–Trinajstić information content (AvgIpc) is 2.23. The number of hydrogen-bond donors (Lipinski definition) is 1. The first-order chi connectivity index (χ1) is 7.26. The third-order valence-electron chi connectivity index (χ3n) is 2.58. The number of hydrogen-bond acceptors (Lipinski definition) is 4. The number of ether oxygens (including phenoxy) is 1. The molecule has 0 rings (SSSR count). The summed E-state index contributed by atoms with van der Waals surface area (Å²) < 4.78 is 30.3. The van der Waals surface area contributed by atoms with Gasteiger partial charge in [-0.15, -0.1) is 0 Å². The highest BCUT2D eigenvalue weighted by Crippen LogP contribution is 2.11. The molecule has 0 aromatic heterocycles. The molecule has 1 N–H and O–H groups in total. The maximum Gasteiger partial charge on any atom is 0.324 e. The smallest absolute Gasteiger partial charge is 0.324 e. The van der Waals surface area contributed by atoms with E-state index in [0.717, 1.165) is 0 Å². The van der Waals surface area contributed by atoms with Gasteiger partial charge in [0.2, 0.25) is 10.0 Å². The lowest BCUT2D eigenvalue weighted by molar-refractivity contribution is -0.143. The Hall–Kier alpha value is -0.620. The van der Waals surface area contributed by atoms with E-state index in [1.54, 1.807) is 13.8 Å². The predicted molar refractivity (Wildman–Crippen MR) is 62.5 cm³/mol. The number of nitrogens with one attached hydrogen (secondary N) is 1. The summed E-state index contributed by atoms with van der Waals surface area (Å²) in [7, 11) is -2.21. The molecular formula is C10H21NO4S. The summed E-state index contributed by atoms with van der Waals surface area (Å²) in [6.07, 6.45) is 0.695. The first kappa shape index (κ1) is 15.4. The zero-order valence-corrected chi connectivity index (χ0v) is 11.3. The fourth-order valence-electron chi connectivity index (χ4n) is 1.07. The van der Waals surface area contributed by atoms with Crippen molar-refractivity contribution in [2.75, 3.05) is 7.11 Å². The van der Waals surface area contributed by atoms with Crippen molar-refractivity contribution < 1.29 is 17.9 Å². The van der Waals surface area contributed by atoms with Crippen molar-refractivity contribution in [3.05, 3.63) is 0 Å². The van der Waals surface area contributed by atoms with Gasteiger partial charge in [-0.3, -0.25) is 4.79 Å². The largest absolute Gasteiger partial charge is 0.468 e. The van der Waals surface area contributed by atoms with Crippen molar-refractivity contribution in [2.45, 2.75) is 45.4 Å². The normalized spacial score (nSPS) is 15.9. The molecule has 0 bridgehead atoms. The van der Waals surface area contributed by atoms with Gasteiger partial charge in [-0.05, 0) is 19.8 Å². The fourth-order valence-corrected chi connectivity index (χ4v) is 2.03. The lowest BCUT2D eigenvalue weighted by atomic mass is 10.0. The van der Waals surface area contributed by atoms with Crippen molar-refractivity contribution in [3.63, 3.8) is 0 Å². The van der Waals surface area contributed by atoms with E-state index in [1.165, 1.54) is 7.11 Å². The highest BCUT2D eigenvalue weighted by atomic mass is 32.2. The zero-order valence-electron chi connectivity index (χ0n) is 10.5. The van der Waals surface area contributed by atoms with Crippen molar-refractivity contribution in [1.82, 2.24) is 4.72 Å². The number of esters is 1. The summed E-state index contributed by atoms with van der Waals surface area (Å²) in [4.78, 5) is 11.5. The standard InChI is InChI=1S/C10H21NO4S/c1-6-8(4)9(10(12)15-5)11-16(13,14)7(2)3/h7-9,11H,6H2,1-5H3. The van der Waals surface area contributed by atoms with Gasteiger partial charge in [-0.25, -0.2) is 13.1 Å².